The van der Waals surface area contributed by atoms with Crippen molar-refractivity contribution in [2.45, 2.75) is 19.3 Å². The molecular formula is C55H38N2. The first-order chi connectivity index (χ1) is 28.0. The van der Waals surface area contributed by atoms with E-state index in [1.807, 2.05) is 24.3 Å². The van der Waals surface area contributed by atoms with Crippen LogP contribution in [0.15, 0.2) is 194 Å². The maximum atomic E-state index is 5.33. The largest absolute Gasteiger partial charge is 0.228 e. The van der Waals surface area contributed by atoms with Crippen LogP contribution in [0.25, 0.3) is 99.6 Å². The first-order valence-corrected chi connectivity index (χ1v) is 19.7. The molecule has 10 aromatic rings. The summed E-state index contributed by atoms with van der Waals surface area (Å²) in [5.41, 5.74) is 15.2. The Kier molecular flexibility index (Phi) is 7.55. The van der Waals surface area contributed by atoms with Crippen LogP contribution < -0.4 is 0 Å². The minimum atomic E-state index is -0.105. The molecule has 0 N–H and O–H groups in total. The van der Waals surface area contributed by atoms with E-state index in [1.165, 1.54) is 66.1 Å². The molecule has 9 aromatic carbocycles. The standard InChI is InChI=1S/C55H38N2/c1-55(2)47-30-16-29-41(52(47)46-32-37-21-9-10-22-38(37)33-48(46)55)39-23-15-24-40(31-39)51-42-25-11-13-27-44(42)53(45-28-14-12-26-43(45)51)50-34-49(35-17-5-3-6-18-35)56-54(57-50)36-19-7-4-8-20-36/h3-34H,1-2H3. The van der Waals surface area contributed by atoms with E-state index in [0.717, 1.165) is 38.9 Å². The van der Waals surface area contributed by atoms with Gasteiger partial charge in [-0.2, -0.15) is 0 Å². The Labute approximate surface area is 332 Å². The second-order valence-electron chi connectivity index (χ2n) is 15.7. The summed E-state index contributed by atoms with van der Waals surface area (Å²) in [6.07, 6.45) is 0. The van der Waals surface area contributed by atoms with E-state index in [1.54, 1.807) is 0 Å². The van der Waals surface area contributed by atoms with Crippen molar-refractivity contribution in [2.75, 3.05) is 0 Å². The highest BCUT2D eigenvalue weighted by Gasteiger charge is 2.37. The summed E-state index contributed by atoms with van der Waals surface area (Å²) in [6.45, 7) is 4.74. The Morgan fingerprint density at radius 2 is 0.860 bits per heavy atom. The summed E-state index contributed by atoms with van der Waals surface area (Å²) in [6, 6.07) is 70.2. The molecule has 0 fully saturated rings. The molecule has 0 unspecified atom stereocenters. The smallest absolute Gasteiger partial charge is 0.160 e. The van der Waals surface area contributed by atoms with Crippen LogP contribution in [0, 0.1) is 0 Å². The lowest BCUT2D eigenvalue weighted by atomic mass is 9.81. The fraction of sp³-hybridized carbons (Fsp3) is 0.0545. The van der Waals surface area contributed by atoms with Gasteiger partial charge < -0.3 is 0 Å². The van der Waals surface area contributed by atoms with E-state index in [9.17, 15) is 0 Å². The monoisotopic (exact) mass is 726 g/mol. The van der Waals surface area contributed by atoms with Crippen LogP contribution in [0.1, 0.15) is 25.0 Å². The Morgan fingerprint density at radius 1 is 0.333 bits per heavy atom. The van der Waals surface area contributed by atoms with Gasteiger partial charge in [0.2, 0.25) is 0 Å². The number of benzene rings is 9. The molecule has 11 rings (SSSR count). The minimum absolute atomic E-state index is 0.105. The van der Waals surface area contributed by atoms with Crippen molar-refractivity contribution in [1.82, 2.24) is 9.97 Å². The summed E-state index contributed by atoms with van der Waals surface area (Å²) in [4.78, 5) is 10.4. The van der Waals surface area contributed by atoms with Crippen molar-refractivity contribution >= 4 is 32.3 Å². The highest BCUT2D eigenvalue weighted by atomic mass is 14.9. The summed E-state index contributed by atoms with van der Waals surface area (Å²) < 4.78 is 0. The zero-order valence-electron chi connectivity index (χ0n) is 31.9. The molecule has 1 aliphatic carbocycles. The van der Waals surface area contributed by atoms with Gasteiger partial charge in [-0.05, 0) is 101 Å². The van der Waals surface area contributed by atoms with Crippen LogP contribution in [0.3, 0.4) is 0 Å². The number of hydrogen-bond acceptors (Lipinski definition) is 2. The van der Waals surface area contributed by atoms with E-state index >= 15 is 0 Å². The Bertz CT molecular complexity index is 3080. The van der Waals surface area contributed by atoms with Gasteiger partial charge in [-0.1, -0.05) is 184 Å². The molecule has 57 heavy (non-hydrogen) atoms. The molecule has 2 nitrogen and oxygen atoms in total. The summed E-state index contributed by atoms with van der Waals surface area (Å²) in [5.74, 6) is 0.713. The van der Waals surface area contributed by atoms with Crippen LogP contribution in [-0.4, -0.2) is 9.97 Å². The molecule has 0 saturated heterocycles. The average Bonchev–Trinajstić information content (AvgIpc) is 3.50. The lowest BCUT2D eigenvalue weighted by Gasteiger charge is -2.22. The van der Waals surface area contributed by atoms with Crippen LogP contribution in [0.2, 0.25) is 0 Å². The minimum Gasteiger partial charge on any atom is -0.228 e. The van der Waals surface area contributed by atoms with Gasteiger partial charge >= 0.3 is 0 Å². The number of aromatic nitrogens is 2. The van der Waals surface area contributed by atoms with Crippen molar-refractivity contribution in [2.24, 2.45) is 0 Å². The van der Waals surface area contributed by atoms with Crippen molar-refractivity contribution < 1.29 is 0 Å². The zero-order valence-corrected chi connectivity index (χ0v) is 31.9. The number of rotatable bonds is 5. The van der Waals surface area contributed by atoms with Crippen LogP contribution >= 0.6 is 0 Å². The second kappa shape index (κ2) is 13.0. The number of nitrogens with zero attached hydrogens (tertiary/aromatic N) is 2. The molecule has 0 spiro atoms. The Morgan fingerprint density at radius 3 is 1.54 bits per heavy atom. The van der Waals surface area contributed by atoms with Crippen molar-refractivity contribution in [3.63, 3.8) is 0 Å². The fourth-order valence-corrected chi connectivity index (χ4v) is 9.32. The van der Waals surface area contributed by atoms with Gasteiger partial charge in [0, 0.05) is 22.1 Å². The SMILES string of the molecule is CC1(C)c2cc3ccccc3cc2-c2c(-c3cccc(-c4c5ccccc5c(-c5cc(-c6ccccc6)nc(-c6ccccc6)n5)c5ccccc45)c3)cccc21. The van der Waals surface area contributed by atoms with Crippen LogP contribution in [0.4, 0.5) is 0 Å². The molecule has 1 heterocycles. The van der Waals surface area contributed by atoms with E-state index in [2.05, 4.69) is 184 Å². The molecule has 0 amide bonds. The van der Waals surface area contributed by atoms with E-state index < -0.39 is 0 Å². The van der Waals surface area contributed by atoms with Gasteiger partial charge in [0.1, 0.15) is 0 Å². The third-order valence-corrected chi connectivity index (χ3v) is 12.0. The Hall–Kier alpha value is -7.16. The third-order valence-electron chi connectivity index (χ3n) is 12.0. The van der Waals surface area contributed by atoms with Crippen molar-refractivity contribution in [3.05, 3.63) is 205 Å². The maximum absolute atomic E-state index is 5.33. The number of fused-ring (bicyclic) bond motifs is 6. The second-order valence-corrected chi connectivity index (χ2v) is 15.7. The lowest BCUT2D eigenvalue weighted by molar-refractivity contribution is 0.661. The molecule has 1 aliphatic rings. The quantitative estimate of drug-likeness (QED) is 0.165. The predicted octanol–water partition coefficient (Wildman–Crippen LogP) is 14.6. The van der Waals surface area contributed by atoms with Crippen LogP contribution in [-0.2, 0) is 5.41 Å². The van der Waals surface area contributed by atoms with Gasteiger partial charge in [0.05, 0.1) is 11.4 Å². The van der Waals surface area contributed by atoms with Gasteiger partial charge in [-0.15, -0.1) is 0 Å². The highest BCUT2D eigenvalue weighted by Crippen LogP contribution is 2.53. The predicted molar refractivity (Wildman–Crippen MR) is 239 cm³/mol. The molecule has 0 bridgehead atoms. The maximum Gasteiger partial charge on any atom is 0.160 e. The molecule has 0 aliphatic heterocycles. The molecular weight excluding hydrogens is 689 g/mol. The molecule has 1 aromatic heterocycles. The third kappa shape index (κ3) is 5.33. The van der Waals surface area contributed by atoms with Crippen LogP contribution in [0.5, 0.6) is 0 Å². The molecule has 2 heteroatoms. The van der Waals surface area contributed by atoms with Gasteiger partial charge in [0.15, 0.2) is 5.82 Å². The van der Waals surface area contributed by atoms with E-state index in [4.69, 9.17) is 9.97 Å². The zero-order chi connectivity index (χ0) is 38.1. The number of hydrogen-bond donors (Lipinski definition) is 0. The van der Waals surface area contributed by atoms with E-state index in [-0.39, 0.29) is 5.41 Å². The fourth-order valence-electron chi connectivity index (χ4n) is 9.32. The van der Waals surface area contributed by atoms with E-state index in [0.29, 0.717) is 5.82 Å². The molecule has 0 saturated carbocycles. The molecule has 0 atom stereocenters. The normalized spacial score (nSPS) is 12.9. The highest BCUT2D eigenvalue weighted by molar-refractivity contribution is 6.21. The Balaban J connectivity index is 1.14. The van der Waals surface area contributed by atoms with Crippen molar-refractivity contribution in [1.29, 1.82) is 0 Å². The first-order valence-electron chi connectivity index (χ1n) is 19.7. The summed E-state index contributed by atoms with van der Waals surface area (Å²) in [7, 11) is 0. The van der Waals surface area contributed by atoms with Gasteiger partial charge in [-0.25, -0.2) is 9.97 Å². The average molecular weight is 727 g/mol. The van der Waals surface area contributed by atoms with Crippen molar-refractivity contribution in [3.8, 4) is 67.3 Å². The summed E-state index contributed by atoms with van der Waals surface area (Å²) in [5, 5.41) is 7.28. The molecule has 0 radical (unpaired) electrons. The topological polar surface area (TPSA) is 25.8 Å². The van der Waals surface area contributed by atoms with Gasteiger partial charge in [0.25, 0.3) is 0 Å². The molecule has 268 valence electrons. The van der Waals surface area contributed by atoms with Gasteiger partial charge in [-0.3, -0.25) is 0 Å². The first kappa shape index (κ1) is 33.2. The lowest BCUT2D eigenvalue weighted by Crippen LogP contribution is -2.14. The summed E-state index contributed by atoms with van der Waals surface area (Å²) >= 11 is 0.